The highest BCUT2D eigenvalue weighted by Gasteiger charge is 2.38. The Morgan fingerprint density at radius 2 is 1.89 bits per heavy atom. The number of anilines is 1. The molecule has 0 unspecified atom stereocenters. The van der Waals surface area contributed by atoms with Gasteiger partial charge in [0.15, 0.2) is 0 Å². The zero-order valence-electron chi connectivity index (χ0n) is 20.0. The number of aliphatic hydroxyl groups excluding tert-OH is 1. The number of rotatable bonds is 4. The average molecular weight is 525 g/mol. The maximum atomic E-state index is 13.2. The molecule has 1 saturated heterocycles. The summed E-state index contributed by atoms with van der Waals surface area (Å²) >= 11 is 12.5. The van der Waals surface area contributed by atoms with E-state index in [0.29, 0.717) is 35.0 Å². The lowest BCUT2D eigenvalue weighted by atomic mass is 9.88. The molecule has 2 aliphatic rings. The maximum absolute atomic E-state index is 13.2. The van der Waals surface area contributed by atoms with Crippen molar-refractivity contribution < 1.29 is 14.4 Å². The second-order valence-electron chi connectivity index (χ2n) is 9.79. The second-order valence-corrected chi connectivity index (χ2v) is 10.6. The third-order valence-electron chi connectivity index (χ3n) is 7.42. The SMILES string of the molecule is Cc1noc(C)c1-c1ccc2c(c1)nc([C@@H]1CCCC(=O)N1c1ccc(Cl)c(Cl)c1)n2C1CC(O)C1. The summed E-state index contributed by atoms with van der Waals surface area (Å²) in [4.78, 5) is 20.2. The third-order valence-corrected chi connectivity index (χ3v) is 8.16. The van der Waals surface area contributed by atoms with Gasteiger partial charge in [0.05, 0.1) is 38.9 Å². The van der Waals surface area contributed by atoms with E-state index in [2.05, 4.69) is 27.9 Å². The highest BCUT2D eigenvalue weighted by molar-refractivity contribution is 6.42. The number of aryl methyl sites for hydroxylation is 2. The fraction of sp³-hybridized carbons (Fsp3) is 0.370. The second kappa shape index (κ2) is 8.91. The molecule has 4 aromatic rings. The molecule has 2 aromatic carbocycles. The van der Waals surface area contributed by atoms with Crippen LogP contribution in [0.1, 0.15) is 61.5 Å². The molecule has 1 N–H and O–H groups in total. The number of amides is 1. The van der Waals surface area contributed by atoms with E-state index in [0.717, 1.165) is 52.3 Å². The van der Waals surface area contributed by atoms with Crippen molar-refractivity contribution in [1.29, 1.82) is 0 Å². The molecule has 2 fully saturated rings. The minimum absolute atomic E-state index is 0.0355. The van der Waals surface area contributed by atoms with E-state index in [1.54, 1.807) is 12.1 Å². The van der Waals surface area contributed by atoms with Gasteiger partial charge < -0.3 is 19.1 Å². The van der Waals surface area contributed by atoms with E-state index in [4.69, 9.17) is 32.7 Å². The van der Waals surface area contributed by atoms with Gasteiger partial charge in [0.25, 0.3) is 0 Å². The van der Waals surface area contributed by atoms with Crippen molar-refractivity contribution >= 4 is 45.8 Å². The van der Waals surface area contributed by atoms with Crippen molar-refractivity contribution in [2.45, 2.75) is 64.1 Å². The predicted octanol–water partition coefficient (Wildman–Crippen LogP) is 6.57. The lowest BCUT2D eigenvalue weighted by Gasteiger charge is -2.39. The summed E-state index contributed by atoms with van der Waals surface area (Å²) in [7, 11) is 0. The van der Waals surface area contributed by atoms with Gasteiger partial charge in [0, 0.05) is 23.7 Å². The maximum Gasteiger partial charge on any atom is 0.227 e. The minimum Gasteiger partial charge on any atom is -0.393 e. The number of hydrogen-bond donors (Lipinski definition) is 1. The van der Waals surface area contributed by atoms with Gasteiger partial charge in [-0.2, -0.15) is 0 Å². The van der Waals surface area contributed by atoms with Gasteiger partial charge in [-0.05, 0) is 75.4 Å². The molecule has 3 heterocycles. The van der Waals surface area contributed by atoms with Crippen LogP contribution < -0.4 is 4.90 Å². The first-order chi connectivity index (χ1) is 17.3. The topological polar surface area (TPSA) is 84.4 Å². The molecule has 1 aliphatic carbocycles. The molecule has 0 bridgehead atoms. The van der Waals surface area contributed by atoms with Crippen molar-refractivity contribution in [2.24, 2.45) is 0 Å². The van der Waals surface area contributed by atoms with Gasteiger partial charge in [0.2, 0.25) is 5.91 Å². The normalized spacial score (nSPS) is 22.3. The largest absolute Gasteiger partial charge is 0.393 e. The summed E-state index contributed by atoms with van der Waals surface area (Å²) in [5.41, 5.74) is 5.34. The average Bonchev–Trinajstić information content (AvgIpc) is 3.37. The highest BCUT2D eigenvalue weighted by atomic mass is 35.5. The summed E-state index contributed by atoms with van der Waals surface area (Å²) in [6.07, 6.45) is 3.04. The van der Waals surface area contributed by atoms with Crippen LogP contribution in [0.4, 0.5) is 5.69 Å². The van der Waals surface area contributed by atoms with Crippen molar-refractivity contribution in [3.05, 3.63) is 63.7 Å². The molecule has 1 aliphatic heterocycles. The van der Waals surface area contributed by atoms with E-state index in [1.165, 1.54) is 0 Å². The van der Waals surface area contributed by atoms with Crippen LogP contribution >= 0.6 is 23.2 Å². The van der Waals surface area contributed by atoms with Crippen LogP contribution in [0.5, 0.6) is 0 Å². The van der Waals surface area contributed by atoms with Gasteiger partial charge in [0.1, 0.15) is 11.6 Å². The lowest BCUT2D eigenvalue weighted by molar-refractivity contribution is -0.120. The fourth-order valence-electron chi connectivity index (χ4n) is 5.63. The standard InChI is InChI=1S/C27H26Cl2N4O3/c1-14-26(15(2)36-31-14)16-6-9-23-22(10-16)30-27(33(23)18-11-19(34)12-18)24-4-3-5-25(35)32(24)17-7-8-20(28)21(29)13-17/h6-10,13,18-19,24,34H,3-5,11-12H2,1-2H3/t18?,19?,24-/m0/s1. The third kappa shape index (κ3) is 3.81. The Bertz CT molecular complexity index is 1470. The van der Waals surface area contributed by atoms with Crippen molar-refractivity contribution in [3.8, 4) is 11.1 Å². The Balaban J connectivity index is 1.51. The molecule has 0 radical (unpaired) electrons. The zero-order chi connectivity index (χ0) is 25.1. The van der Waals surface area contributed by atoms with Crippen LogP contribution in [0.3, 0.4) is 0 Å². The van der Waals surface area contributed by atoms with Crippen molar-refractivity contribution in [3.63, 3.8) is 0 Å². The Morgan fingerprint density at radius 1 is 1.08 bits per heavy atom. The van der Waals surface area contributed by atoms with Crippen LogP contribution in [0.2, 0.25) is 10.0 Å². The predicted molar refractivity (Wildman–Crippen MR) is 140 cm³/mol. The van der Waals surface area contributed by atoms with Gasteiger partial charge in [-0.1, -0.05) is 34.4 Å². The van der Waals surface area contributed by atoms with E-state index >= 15 is 0 Å². The lowest BCUT2D eigenvalue weighted by Crippen LogP contribution is -2.41. The van der Waals surface area contributed by atoms with E-state index in [-0.39, 0.29) is 24.1 Å². The van der Waals surface area contributed by atoms with E-state index in [1.807, 2.05) is 24.8 Å². The Morgan fingerprint density at radius 3 is 2.58 bits per heavy atom. The first-order valence-electron chi connectivity index (χ1n) is 12.2. The minimum atomic E-state index is -0.318. The first-order valence-corrected chi connectivity index (χ1v) is 13.0. The smallest absolute Gasteiger partial charge is 0.227 e. The number of fused-ring (bicyclic) bond motifs is 1. The number of imidazole rings is 1. The first kappa shape index (κ1) is 23.5. The molecule has 1 amide bonds. The number of hydrogen-bond acceptors (Lipinski definition) is 5. The number of aromatic nitrogens is 3. The van der Waals surface area contributed by atoms with Crippen LogP contribution in [-0.2, 0) is 4.79 Å². The zero-order valence-corrected chi connectivity index (χ0v) is 21.6. The molecular formula is C27H26Cl2N4O3. The molecule has 7 nitrogen and oxygen atoms in total. The number of benzene rings is 2. The van der Waals surface area contributed by atoms with E-state index < -0.39 is 0 Å². The summed E-state index contributed by atoms with van der Waals surface area (Å²) in [5, 5.41) is 15.1. The molecular weight excluding hydrogens is 499 g/mol. The molecule has 1 saturated carbocycles. The Kier molecular flexibility index (Phi) is 5.82. The molecule has 0 spiro atoms. The molecule has 6 rings (SSSR count). The van der Waals surface area contributed by atoms with Gasteiger partial charge >= 0.3 is 0 Å². The van der Waals surface area contributed by atoms with Crippen LogP contribution in [0, 0.1) is 13.8 Å². The van der Waals surface area contributed by atoms with E-state index in [9.17, 15) is 9.90 Å². The number of aliphatic hydroxyl groups is 1. The van der Waals surface area contributed by atoms with Crippen molar-refractivity contribution in [1.82, 2.24) is 14.7 Å². The number of nitrogens with zero attached hydrogens (tertiary/aromatic N) is 4. The number of carbonyl (C=O) groups is 1. The molecule has 2 aromatic heterocycles. The summed E-state index contributed by atoms with van der Waals surface area (Å²) in [5.74, 6) is 1.63. The number of carbonyl (C=O) groups excluding carboxylic acids is 1. The van der Waals surface area contributed by atoms with Crippen LogP contribution in [-0.4, -0.2) is 31.8 Å². The van der Waals surface area contributed by atoms with Gasteiger partial charge in [-0.3, -0.25) is 4.79 Å². The van der Waals surface area contributed by atoms with Gasteiger partial charge in [-0.25, -0.2) is 4.98 Å². The number of halogens is 2. The highest BCUT2D eigenvalue weighted by Crippen LogP contribution is 2.43. The summed E-state index contributed by atoms with van der Waals surface area (Å²) < 4.78 is 7.62. The summed E-state index contributed by atoms with van der Waals surface area (Å²) in [6.45, 7) is 3.83. The molecule has 36 heavy (non-hydrogen) atoms. The van der Waals surface area contributed by atoms with Crippen molar-refractivity contribution in [2.75, 3.05) is 4.90 Å². The molecule has 1 atom stereocenters. The monoisotopic (exact) mass is 524 g/mol. The Labute approximate surface area is 218 Å². The fourth-order valence-corrected chi connectivity index (χ4v) is 5.92. The molecule has 9 heteroatoms. The molecule has 186 valence electrons. The van der Waals surface area contributed by atoms with Crippen LogP contribution in [0.25, 0.3) is 22.2 Å². The van der Waals surface area contributed by atoms with Crippen LogP contribution in [0.15, 0.2) is 40.9 Å². The Hall–Kier alpha value is -2.87. The quantitative estimate of drug-likeness (QED) is 0.326. The number of piperidine rings is 1. The summed E-state index contributed by atoms with van der Waals surface area (Å²) in [6, 6.07) is 11.4. The van der Waals surface area contributed by atoms with Gasteiger partial charge in [-0.15, -0.1) is 0 Å².